The fourth-order valence-electron chi connectivity index (χ4n) is 1.97. The van der Waals surface area contributed by atoms with Gasteiger partial charge in [-0.25, -0.2) is 4.98 Å². The maximum absolute atomic E-state index is 6.04. The highest BCUT2D eigenvalue weighted by molar-refractivity contribution is 6.31. The number of rotatable bonds is 2. The monoisotopic (exact) mass is 280 g/mol. The number of hydrogen-bond donors (Lipinski definition) is 0. The summed E-state index contributed by atoms with van der Waals surface area (Å²) < 4.78 is 3.66. The molecule has 0 radical (unpaired) electrons. The Balaban J connectivity index is 2.34. The van der Waals surface area contributed by atoms with E-state index in [-0.39, 0.29) is 0 Å². The average Bonchev–Trinajstić information content (AvgIpc) is 2.91. The molecule has 3 rings (SSSR count). The number of hydrogen-bond acceptors (Lipinski definition) is 2. The standard InChI is InChI=1S/C12H10Cl2N4/c1-17-5-4-11(16-17)18-10-6-8(14)2-3-9(10)15-12(18)7-13/h2-6H,7H2,1H3. The number of fused-ring (bicyclic) bond motifs is 1. The molecule has 0 saturated heterocycles. The van der Waals surface area contributed by atoms with Crippen molar-refractivity contribution in [2.45, 2.75) is 5.88 Å². The van der Waals surface area contributed by atoms with Gasteiger partial charge in [-0.15, -0.1) is 11.6 Å². The van der Waals surface area contributed by atoms with E-state index in [0.29, 0.717) is 10.9 Å². The molecule has 0 atom stereocenters. The molecule has 0 unspecified atom stereocenters. The van der Waals surface area contributed by atoms with E-state index in [2.05, 4.69) is 10.1 Å². The summed E-state index contributed by atoms with van der Waals surface area (Å²) in [6.07, 6.45) is 1.88. The van der Waals surface area contributed by atoms with Gasteiger partial charge in [-0.2, -0.15) is 5.10 Å². The molecule has 3 aromatic rings. The van der Waals surface area contributed by atoms with Gasteiger partial charge in [-0.05, 0) is 18.2 Å². The van der Waals surface area contributed by atoms with Crippen molar-refractivity contribution >= 4 is 34.2 Å². The molecule has 18 heavy (non-hydrogen) atoms. The van der Waals surface area contributed by atoms with Crippen LogP contribution in [-0.4, -0.2) is 19.3 Å². The third kappa shape index (κ3) is 1.78. The zero-order valence-electron chi connectivity index (χ0n) is 9.64. The normalized spacial score (nSPS) is 11.3. The van der Waals surface area contributed by atoms with E-state index >= 15 is 0 Å². The summed E-state index contributed by atoms with van der Waals surface area (Å²) in [6, 6.07) is 7.48. The first-order valence-corrected chi connectivity index (χ1v) is 6.33. The Kier molecular flexibility index (Phi) is 2.76. The summed E-state index contributed by atoms with van der Waals surface area (Å²) in [5.74, 6) is 1.87. The van der Waals surface area contributed by atoms with Crippen LogP contribution >= 0.6 is 23.2 Å². The predicted octanol–water partition coefficient (Wildman–Crippen LogP) is 3.15. The minimum Gasteiger partial charge on any atom is -0.278 e. The fraction of sp³-hybridized carbons (Fsp3) is 0.167. The van der Waals surface area contributed by atoms with Gasteiger partial charge >= 0.3 is 0 Å². The zero-order chi connectivity index (χ0) is 12.7. The molecule has 92 valence electrons. The van der Waals surface area contributed by atoms with Crippen LogP contribution in [0.5, 0.6) is 0 Å². The summed E-state index contributed by atoms with van der Waals surface area (Å²) in [5, 5.41) is 5.05. The van der Waals surface area contributed by atoms with Crippen LogP contribution in [0.3, 0.4) is 0 Å². The van der Waals surface area contributed by atoms with Crippen molar-refractivity contribution in [1.82, 2.24) is 19.3 Å². The van der Waals surface area contributed by atoms with Crippen molar-refractivity contribution in [3.8, 4) is 5.82 Å². The van der Waals surface area contributed by atoms with Crippen LogP contribution < -0.4 is 0 Å². The molecule has 0 fully saturated rings. The van der Waals surface area contributed by atoms with E-state index in [1.54, 1.807) is 4.68 Å². The van der Waals surface area contributed by atoms with Gasteiger partial charge in [0.05, 0.1) is 16.9 Å². The number of nitrogens with zero attached hydrogens (tertiary/aromatic N) is 4. The Morgan fingerprint density at radius 2 is 2.11 bits per heavy atom. The molecular formula is C12H10Cl2N4. The van der Waals surface area contributed by atoms with Crippen molar-refractivity contribution in [2.24, 2.45) is 7.05 Å². The third-order valence-corrected chi connectivity index (χ3v) is 3.21. The van der Waals surface area contributed by atoms with Gasteiger partial charge < -0.3 is 0 Å². The first-order chi connectivity index (χ1) is 8.69. The van der Waals surface area contributed by atoms with Crippen LogP contribution in [0.1, 0.15) is 5.82 Å². The zero-order valence-corrected chi connectivity index (χ0v) is 11.2. The Hall–Kier alpha value is -1.52. The summed E-state index contributed by atoms with van der Waals surface area (Å²) in [5.41, 5.74) is 1.78. The second-order valence-corrected chi connectivity index (χ2v) is 4.68. The van der Waals surface area contributed by atoms with Crippen molar-refractivity contribution in [3.63, 3.8) is 0 Å². The van der Waals surface area contributed by atoms with Gasteiger partial charge in [0, 0.05) is 24.3 Å². The van der Waals surface area contributed by atoms with Crippen molar-refractivity contribution < 1.29 is 0 Å². The van der Waals surface area contributed by atoms with E-state index in [0.717, 1.165) is 22.7 Å². The summed E-state index contributed by atoms with van der Waals surface area (Å²) in [6.45, 7) is 0. The van der Waals surface area contributed by atoms with E-state index < -0.39 is 0 Å². The summed E-state index contributed by atoms with van der Waals surface area (Å²) in [4.78, 5) is 4.48. The SMILES string of the molecule is Cn1ccc(-n2c(CCl)nc3ccc(Cl)cc32)n1. The molecule has 0 aliphatic carbocycles. The van der Waals surface area contributed by atoms with E-state index in [9.17, 15) is 0 Å². The van der Waals surface area contributed by atoms with Gasteiger partial charge in [0.1, 0.15) is 5.82 Å². The summed E-state index contributed by atoms with van der Waals surface area (Å²) in [7, 11) is 1.87. The van der Waals surface area contributed by atoms with Crippen LogP contribution in [0.4, 0.5) is 0 Å². The number of aryl methyl sites for hydroxylation is 1. The molecule has 0 aliphatic heterocycles. The topological polar surface area (TPSA) is 35.6 Å². The maximum atomic E-state index is 6.04. The number of halogens is 2. The second-order valence-electron chi connectivity index (χ2n) is 3.98. The van der Waals surface area contributed by atoms with Gasteiger partial charge in [-0.1, -0.05) is 11.6 Å². The highest BCUT2D eigenvalue weighted by Crippen LogP contribution is 2.24. The van der Waals surface area contributed by atoms with E-state index in [4.69, 9.17) is 23.2 Å². The molecule has 0 saturated carbocycles. The molecule has 0 N–H and O–H groups in total. The first kappa shape index (κ1) is 11.6. The van der Waals surface area contributed by atoms with Crippen molar-refractivity contribution in [1.29, 1.82) is 0 Å². The lowest BCUT2D eigenvalue weighted by molar-refractivity contribution is 0.749. The quantitative estimate of drug-likeness (QED) is 0.676. The molecule has 0 amide bonds. The highest BCUT2D eigenvalue weighted by Gasteiger charge is 2.13. The van der Waals surface area contributed by atoms with Crippen LogP contribution in [0.15, 0.2) is 30.5 Å². The summed E-state index contributed by atoms with van der Waals surface area (Å²) >= 11 is 12.0. The molecular weight excluding hydrogens is 271 g/mol. The fourth-order valence-corrected chi connectivity index (χ4v) is 2.31. The van der Waals surface area contributed by atoms with Crippen LogP contribution in [-0.2, 0) is 12.9 Å². The lowest BCUT2D eigenvalue weighted by Crippen LogP contribution is -2.01. The number of imidazole rings is 1. The number of benzene rings is 1. The predicted molar refractivity (Wildman–Crippen MR) is 72.4 cm³/mol. The molecule has 2 heterocycles. The second kappa shape index (κ2) is 4.30. The Morgan fingerprint density at radius 3 is 2.78 bits per heavy atom. The molecule has 0 aliphatic rings. The van der Waals surface area contributed by atoms with Gasteiger partial charge in [0.25, 0.3) is 0 Å². The average molecular weight is 281 g/mol. The van der Waals surface area contributed by atoms with Crippen LogP contribution in [0.2, 0.25) is 5.02 Å². The van der Waals surface area contributed by atoms with Crippen molar-refractivity contribution in [2.75, 3.05) is 0 Å². The number of alkyl halides is 1. The lowest BCUT2D eigenvalue weighted by Gasteiger charge is -2.03. The molecule has 0 spiro atoms. The molecule has 6 heteroatoms. The largest absolute Gasteiger partial charge is 0.278 e. The third-order valence-electron chi connectivity index (χ3n) is 2.73. The van der Waals surface area contributed by atoms with Crippen LogP contribution in [0, 0.1) is 0 Å². The van der Waals surface area contributed by atoms with Gasteiger partial charge in [0.2, 0.25) is 0 Å². The van der Waals surface area contributed by atoms with Crippen molar-refractivity contribution in [3.05, 3.63) is 41.3 Å². The Labute approximate surface area is 114 Å². The minimum absolute atomic E-state index is 0.322. The van der Waals surface area contributed by atoms with Gasteiger partial charge in [-0.3, -0.25) is 9.25 Å². The van der Waals surface area contributed by atoms with Crippen LogP contribution in [0.25, 0.3) is 16.9 Å². The highest BCUT2D eigenvalue weighted by atomic mass is 35.5. The molecule has 1 aromatic carbocycles. The van der Waals surface area contributed by atoms with E-state index in [1.807, 2.05) is 42.1 Å². The Bertz CT molecular complexity index is 714. The van der Waals surface area contributed by atoms with Gasteiger partial charge in [0.15, 0.2) is 5.82 Å². The lowest BCUT2D eigenvalue weighted by atomic mass is 10.3. The first-order valence-electron chi connectivity index (χ1n) is 5.42. The minimum atomic E-state index is 0.322. The number of aromatic nitrogens is 4. The van der Waals surface area contributed by atoms with E-state index in [1.165, 1.54) is 0 Å². The smallest absolute Gasteiger partial charge is 0.160 e. The molecule has 0 bridgehead atoms. The molecule has 4 nitrogen and oxygen atoms in total. The Morgan fingerprint density at radius 1 is 1.28 bits per heavy atom. The maximum Gasteiger partial charge on any atom is 0.160 e. The molecule has 2 aromatic heterocycles.